The summed E-state index contributed by atoms with van der Waals surface area (Å²) >= 11 is 3.60. The fraction of sp³-hybridized carbons (Fsp3) is 0.118. The lowest BCUT2D eigenvalue weighted by Gasteiger charge is -2.10. The van der Waals surface area contributed by atoms with Crippen molar-refractivity contribution in [2.24, 2.45) is 0 Å². The number of rotatable bonds is 4. The van der Waals surface area contributed by atoms with E-state index < -0.39 is 11.9 Å². The first-order valence-electron chi connectivity index (χ1n) is 6.93. The zero-order chi connectivity index (χ0) is 17.9. The molecule has 24 heavy (non-hydrogen) atoms. The van der Waals surface area contributed by atoms with Gasteiger partial charge in [-0.2, -0.15) is 0 Å². The Morgan fingerprint density at radius 3 is 2.33 bits per heavy atom. The Morgan fingerprint density at radius 1 is 1.17 bits per heavy atom. The van der Waals surface area contributed by atoms with Crippen LogP contribution in [0.2, 0.25) is 0 Å². The molecule has 0 bridgehead atoms. The number of pyridine rings is 1. The van der Waals surface area contributed by atoms with E-state index in [1.165, 1.54) is 11.1 Å². The molecule has 0 saturated carbocycles. The number of benzene rings is 1. The van der Waals surface area contributed by atoms with E-state index in [1.807, 2.05) is 31.4 Å². The molecule has 0 aliphatic heterocycles. The van der Waals surface area contributed by atoms with Crippen molar-refractivity contribution in [2.75, 3.05) is 13.6 Å². The lowest BCUT2D eigenvalue weighted by Crippen LogP contribution is -2.09. The smallest absolute Gasteiger partial charge is 0.414 e. The van der Waals surface area contributed by atoms with Crippen LogP contribution in [0, 0.1) is 0 Å². The summed E-state index contributed by atoms with van der Waals surface area (Å²) in [4.78, 5) is 22.4. The Kier molecular flexibility index (Phi) is 8.38. The van der Waals surface area contributed by atoms with Crippen LogP contribution in [0.1, 0.15) is 11.1 Å². The molecule has 0 fully saturated rings. The standard InChI is InChI=1S/C15H15BrN2.C2H2O4/c1-17-10-8-13(12-5-4-9-18-11-12)14-6-2-3-7-15(14)16;3-1(4)2(5)6/h2-9,11,17H,10H2,1H3;(H,3,4)(H,5,6). The molecule has 0 atom stereocenters. The van der Waals surface area contributed by atoms with Crippen molar-refractivity contribution in [3.05, 3.63) is 70.5 Å². The maximum atomic E-state index is 9.10. The number of halogens is 1. The van der Waals surface area contributed by atoms with Gasteiger partial charge in [0.25, 0.3) is 0 Å². The maximum Gasteiger partial charge on any atom is 0.414 e. The van der Waals surface area contributed by atoms with Gasteiger partial charge in [0.15, 0.2) is 0 Å². The van der Waals surface area contributed by atoms with Crippen LogP contribution >= 0.6 is 15.9 Å². The highest BCUT2D eigenvalue weighted by Crippen LogP contribution is 2.28. The monoisotopic (exact) mass is 392 g/mol. The van der Waals surface area contributed by atoms with E-state index in [-0.39, 0.29) is 0 Å². The number of carboxylic acids is 2. The normalized spacial score (nSPS) is 10.5. The zero-order valence-corrected chi connectivity index (χ0v) is 14.5. The first-order chi connectivity index (χ1) is 11.5. The van der Waals surface area contributed by atoms with Crippen molar-refractivity contribution in [1.29, 1.82) is 0 Å². The molecule has 0 aliphatic carbocycles. The van der Waals surface area contributed by atoms with Crippen molar-refractivity contribution in [1.82, 2.24) is 10.3 Å². The number of nitrogens with zero attached hydrogens (tertiary/aromatic N) is 1. The van der Waals surface area contributed by atoms with Crippen LogP contribution in [0.25, 0.3) is 5.57 Å². The van der Waals surface area contributed by atoms with Crippen molar-refractivity contribution in [2.45, 2.75) is 0 Å². The fourth-order valence-corrected chi connectivity index (χ4v) is 2.29. The van der Waals surface area contributed by atoms with E-state index in [9.17, 15) is 0 Å². The highest BCUT2D eigenvalue weighted by Gasteiger charge is 2.07. The summed E-state index contributed by atoms with van der Waals surface area (Å²) in [5, 5.41) is 17.9. The third-order valence-electron chi connectivity index (χ3n) is 2.83. The second-order valence-electron chi connectivity index (χ2n) is 4.51. The van der Waals surface area contributed by atoms with E-state index in [2.05, 4.69) is 50.5 Å². The summed E-state index contributed by atoms with van der Waals surface area (Å²) < 4.78 is 1.09. The van der Waals surface area contributed by atoms with Crippen molar-refractivity contribution < 1.29 is 19.8 Å². The lowest BCUT2D eigenvalue weighted by molar-refractivity contribution is -0.159. The minimum atomic E-state index is -1.82. The number of aromatic nitrogens is 1. The molecule has 0 amide bonds. The second kappa shape index (κ2) is 10.3. The molecule has 0 unspecified atom stereocenters. The van der Waals surface area contributed by atoms with Gasteiger partial charge in [0, 0.05) is 29.0 Å². The molecular formula is C17H17BrN2O4. The van der Waals surface area contributed by atoms with Gasteiger partial charge < -0.3 is 15.5 Å². The van der Waals surface area contributed by atoms with E-state index in [1.54, 1.807) is 6.20 Å². The van der Waals surface area contributed by atoms with Gasteiger partial charge in [-0.1, -0.05) is 46.3 Å². The van der Waals surface area contributed by atoms with Gasteiger partial charge >= 0.3 is 11.9 Å². The van der Waals surface area contributed by atoms with Crippen molar-refractivity contribution in [3.8, 4) is 0 Å². The molecule has 1 aromatic heterocycles. The highest BCUT2D eigenvalue weighted by atomic mass is 79.9. The Labute approximate surface area is 148 Å². The summed E-state index contributed by atoms with van der Waals surface area (Å²) in [7, 11) is 1.94. The molecule has 1 aromatic carbocycles. The van der Waals surface area contributed by atoms with Crippen molar-refractivity contribution >= 4 is 33.4 Å². The largest absolute Gasteiger partial charge is 0.473 e. The first-order valence-corrected chi connectivity index (χ1v) is 7.73. The molecular weight excluding hydrogens is 376 g/mol. The predicted molar refractivity (Wildman–Crippen MR) is 94.7 cm³/mol. The van der Waals surface area contributed by atoms with Gasteiger partial charge in [0.05, 0.1) is 0 Å². The molecule has 3 N–H and O–H groups in total. The molecule has 126 valence electrons. The average Bonchev–Trinajstić information content (AvgIpc) is 2.58. The van der Waals surface area contributed by atoms with Crippen LogP contribution in [-0.2, 0) is 9.59 Å². The van der Waals surface area contributed by atoms with Gasteiger partial charge in [-0.05, 0) is 30.3 Å². The average molecular weight is 393 g/mol. The zero-order valence-electron chi connectivity index (χ0n) is 12.9. The molecule has 6 nitrogen and oxygen atoms in total. The minimum absolute atomic E-state index is 0.825. The van der Waals surface area contributed by atoms with Crippen LogP contribution in [0.5, 0.6) is 0 Å². The Bertz CT molecular complexity index is 706. The number of carboxylic acid groups (broad SMARTS) is 2. The molecule has 0 spiro atoms. The second-order valence-corrected chi connectivity index (χ2v) is 5.36. The minimum Gasteiger partial charge on any atom is -0.473 e. The number of hydrogen-bond donors (Lipinski definition) is 3. The molecule has 7 heteroatoms. The van der Waals surface area contributed by atoms with E-state index in [0.29, 0.717) is 0 Å². The lowest BCUT2D eigenvalue weighted by atomic mass is 9.99. The summed E-state index contributed by atoms with van der Waals surface area (Å²) in [6.45, 7) is 0.825. The summed E-state index contributed by atoms with van der Waals surface area (Å²) in [5.41, 5.74) is 3.49. The van der Waals surface area contributed by atoms with Gasteiger partial charge in [0.2, 0.25) is 0 Å². The Morgan fingerprint density at radius 2 is 1.83 bits per heavy atom. The van der Waals surface area contributed by atoms with Crippen LogP contribution < -0.4 is 5.32 Å². The van der Waals surface area contributed by atoms with E-state index >= 15 is 0 Å². The van der Waals surface area contributed by atoms with Gasteiger partial charge in [0.1, 0.15) is 0 Å². The predicted octanol–water partition coefficient (Wildman–Crippen LogP) is 2.65. The molecule has 0 aliphatic rings. The molecule has 2 rings (SSSR count). The number of likely N-dealkylation sites (N-methyl/N-ethyl adjacent to an activating group) is 1. The summed E-state index contributed by atoms with van der Waals surface area (Å²) in [6.07, 6.45) is 5.86. The fourth-order valence-electron chi connectivity index (χ4n) is 1.79. The third-order valence-corrected chi connectivity index (χ3v) is 3.52. The Balaban J connectivity index is 0.000000413. The van der Waals surface area contributed by atoms with Crippen molar-refractivity contribution in [3.63, 3.8) is 0 Å². The van der Waals surface area contributed by atoms with E-state index in [4.69, 9.17) is 19.8 Å². The molecule has 1 heterocycles. The third kappa shape index (κ3) is 6.31. The maximum absolute atomic E-state index is 9.10. The number of aliphatic carboxylic acids is 2. The van der Waals surface area contributed by atoms with E-state index in [0.717, 1.165) is 16.6 Å². The highest BCUT2D eigenvalue weighted by molar-refractivity contribution is 9.10. The summed E-state index contributed by atoms with van der Waals surface area (Å²) in [5.74, 6) is -3.65. The van der Waals surface area contributed by atoms with Gasteiger partial charge in [-0.15, -0.1) is 0 Å². The van der Waals surface area contributed by atoms with Crippen LogP contribution in [0.15, 0.2) is 59.3 Å². The molecule has 2 aromatic rings. The SMILES string of the molecule is CNCC=C(c1cccnc1)c1ccccc1Br.O=C(O)C(=O)O. The topological polar surface area (TPSA) is 99.5 Å². The molecule has 0 saturated heterocycles. The summed E-state index contributed by atoms with van der Waals surface area (Å²) in [6, 6.07) is 12.3. The van der Waals surface area contributed by atoms with Crippen LogP contribution in [-0.4, -0.2) is 40.7 Å². The first kappa shape index (κ1) is 19.5. The van der Waals surface area contributed by atoms with Crippen LogP contribution in [0.3, 0.4) is 0 Å². The quantitative estimate of drug-likeness (QED) is 0.691. The van der Waals surface area contributed by atoms with Gasteiger partial charge in [-0.3, -0.25) is 4.98 Å². The Hall–Kier alpha value is -2.51. The number of carbonyl (C=O) groups is 2. The van der Waals surface area contributed by atoms with Crippen LogP contribution in [0.4, 0.5) is 0 Å². The number of hydrogen-bond acceptors (Lipinski definition) is 4. The molecule has 0 radical (unpaired) electrons. The van der Waals surface area contributed by atoms with Gasteiger partial charge in [-0.25, -0.2) is 9.59 Å². The number of nitrogens with one attached hydrogen (secondary N) is 1.